The van der Waals surface area contributed by atoms with Crippen LogP contribution >= 0.6 is 0 Å². The van der Waals surface area contributed by atoms with Gasteiger partial charge < -0.3 is 0 Å². The Hall–Kier alpha value is -0.910. The molecule has 1 fully saturated rings. The molecule has 14 heavy (non-hydrogen) atoms. The van der Waals surface area contributed by atoms with E-state index in [1.807, 2.05) is 0 Å². The average molecular weight is 213 g/mol. The fraction of sp³-hybridized carbons (Fsp3) is 0.333. The van der Waals surface area contributed by atoms with E-state index in [0.29, 0.717) is 0 Å². The molecular formula is C9H11NO3S. The third-order valence-electron chi connectivity index (χ3n) is 1.97. The van der Waals surface area contributed by atoms with Crippen LogP contribution in [0.15, 0.2) is 35.2 Å². The quantitative estimate of drug-likeness (QED) is 0.697. The molecule has 0 N–H and O–H groups in total. The van der Waals surface area contributed by atoms with Crippen molar-refractivity contribution >= 4 is 10.0 Å². The Morgan fingerprint density at radius 2 is 1.71 bits per heavy atom. The summed E-state index contributed by atoms with van der Waals surface area (Å²) in [6.45, 7) is 3.40. The van der Waals surface area contributed by atoms with Crippen molar-refractivity contribution in [2.75, 3.05) is 0 Å². The summed E-state index contributed by atoms with van der Waals surface area (Å²) in [4.78, 5) is 5.22. The summed E-state index contributed by atoms with van der Waals surface area (Å²) in [5, 5.41) is 0. The molecule has 2 rings (SSSR count). The smallest absolute Gasteiger partial charge is 0.256 e. The van der Waals surface area contributed by atoms with E-state index in [-0.39, 0.29) is 4.90 Å². The zero-order valence-electron chi connectivity index (χ0n) is 7.97. The second-order valence-corrected chi connectivity index (χ2v) is 5.34. The van der Waals surface area contributed by atoms with Gasteiger partial charge in [-0.25, -0.2) is 8.42 Å². The van der Waals surface area contributed by atoms with Crippen molar-refractivity contribution in [3.63, 3.8) is 0 Å². The van der Waals surface area contributed by atoms with Crippen LogP contribution in [0.3, 0.4) is 0 Å². The van der Waals surface area contributed by atoms with E-state index >= 15 is 0 Å². The molecule has 0 radical (unpaired) electrons. The Morgan fingerprint density at radius 3 is 2.14 bits per heavy atom. The highest BCUT2D eigenvalue weighted by molar-refractivity contribution is 7.89. The lowest BCUT2D eigenvalue weighted by atomic mass is 10.4. The van der Waals surface area contributed by atoms with Crippen molar-refractivity contribution in [2.24, 2.45) is 0 Å². The topological polar surface area (TPSA) is 49.7 Å². The predicted molar refractivity (Wildman–Crippen MR) is 50.6 cm³/mol. The van der Waals surface area contributed by atoms with Gasteiger partial charge in [-0.15, -0.1) is 0 Å². The third-order valence-corrected chi connectivity index (χ3v) is 3.79. The van der Waals surface area contributed by atoms with Crippen molar-refractivity contribution in [1.29, 1.82) is 0 Å². The third kappa shape index (κ3) is 1.43. The normalized spacial score (nSPS) is 24.6. The van der Waals surface area contributed by atoms with Crippen LogP contribution in [-0.2, 0) is 14.9 Å². The van der Waals surface area contributed by atoms with Gasteiger partial charge in [-0.1, -0.05) is 18.2 Å². The van der Waals surface area contributed by atoms with Crippen LogP contribution in [0.2, 0.25) is 0 Å². The maximum atomic E-state index is 11.8. The minimum atomic E-state index is -3.46. The second kappa shape index (κ2) is 2.79. The van der Waals surface area contributed by atoms with E-state index in [4.69, 9.17) is 4.84 Å². The zero-order valence-corrected chi connectivity index (χ0v) is 8.78. The van der Waals surface area contributed by atoms with Gasteiger partial charge in [0.15, 0.2) is 5.72 Å². The van der Waals surface area contributed by atoms with E-state index in [1.165, 1.54) is 0 Å². The molecule has 76 valence electrons. The Balaban J connectivity index is 2.37. The number of hydroxylamine groups is 1. The number of hydrogen-bond donors (Lipinski definition) is 0. The predicted octanol–water partition coefficient (Wildman–Crippen LogP) is 1.36. The fourth-order valence-electron chi connectivity index (χ4n) is 1.21. The average Bonchev–Trinajstić information content (AvgIpc) is 2.78. The minimum Gasteiger partial charge on any atom is -0.256 e. The van der Waals surface area contributed by atoms with E-state index in [2.05, 4.69) is 0 Å². The summed E-state index contributed by atoms with van der Waals surface area (Å²) in [6, 6.07) is 8.24. The first-order chi connectivity index (χ1) is 6.44. The van der Waals surface area contributed by atoms with Gasteiger partial charge in [-0.3, -0.25) is 4.84 Å². The molecule has 1 saturated heterocycles. The molecule has 0 saturated carbocycles. The van der Waals surface area contributed by atoms with Gasteiger partial charge in [-0.05, 0) is 30.4 Å². The number of hydrogen-bond acceptors (Lipinski definition) is 3. The highest BCUT2D eigenvalue weighted by Gasteiger charge is 2.55. The van der Waals surface area contributed by atoms with E-state index in [1.54, 1.807) is 44.2 Å². The first kappa shape index (κ1) is 9.64. The molecule has 0 spiro atoms. The molecule has 1 unspecified atom stereocenters. The Kier molecular flexibility index (Phi) is 1.92. The van der Waals surface area contributed by atoms with Crippen LogP contribution in [0.1, 0.15) is 13.8 Å². The summed E-state index contributed by atoms with van der Waals surface area (Å²) in [6.07, 6.45) is 0. The van der Waals surface area contributed by atoms with Gasteiger partial charge in [0.25, 0.3) is 10.0 Å². The molecule has 1 atom stereocenters. The van der Waals surface area contributed by atoms with E-state index in [0.717, 1.165) is 4.47 Å². The van der Waals surface area contributed by atoms with Crippen LogP contribution in [0.4, 0.5) is 0 Å². The Bertz CT molecular complexity index is 438. The summed E-state index contributed by atoms with van der Waals surface area (Å²) < 4.78 is 24.6. The van der Waals surface area contributed by atoms with Gasteiger partial charge in [0.1, 0.15) is 0 Å². The summed E-state index contributed by atoms with van der Waals surface area (Å²) in [5.74, 6) is 0. The van der Waals surface area contributed by atoms with Crippen LogP contribution in [-0.4, -0.2) is 18.6 Å². The van der Waals surface area contributed by atoms with Gasteiger partial charge in [0.05, 0.1) is 4.90 Å². The van der Waals surface area contributed by atoms with Crippen molar-refractivity contribution in [3.05, 3.63) is 30.3 Å². The Labute approximate surface area is 83.1 Å². The van der Waals surface area contributed by atoms with Crippen molar-refractivity contribution in [2.45, 2.75) is 24.5 Å². The highest BCUT2D eigenvalue weighted by atomic mass is 32.2. The minimum absolute atomic E-state index is 0.255. The fourth-order valence-corrected chi connectivity index (χ4v) is 2.76. The molecule has 0 aromatic heterocycles. The number of benzene rings is 1. The van der Waals surface area contributed by atoms with Crippen molar-refractivity contribution in [1.82, 2.24) is 4.47 Å². The lowest BCUT2D eigenvalue weighted by Crippen LogP contribution is -2.18. The lowest BCUT2D eigenvalue weighted by Gasteiger charge is -2.02. The van der Waals surface area contributed by atoms with E-state index in [9.17, 15) is 8.42 Å². The highest BCUT2D eigenvalue weighted by Crippen LogP contribution is 2.39. The van der Waals surface area contributed by atoms with Crippen LogP contribution in [0, 0.1) is 0 Å². The molecule has 1 aliphatic heterocycles. The van der Waals surface area contributed by atoms with Gasteiger partial charge in [0.2, 0.25) is 0 Å². The zero-order chi connectivity index (χ0) is 10.4. The SMILES string of the molecule is CC1(C)ON1S(=O)(=O)c1ccccc1. The largest absolute Gasteiger partial charge is 0.267 e. The van der Waals surface area contributed by atoms with Gasteiger partial charge in [0, 0.05) is 0 Å². The number of nitrogens with zero attached hydrogens (tertiary/aromatic N) is 1. The van der Waals surface area contributed by atoms with Crippen LogP contribution in [0.25, 0.3) is 0 Å². The molecule has 5 heteroatoms. The standard InChI is InChI=1S/C9H11NO3S/c1-9(2)10(13-9)14(11,12)8-6-4-3-5-7-8/h3-7H,1-2H3. The maximum absolute atomic E-state index is 11.8. The molecule has 1 aromatic rings. The maximum Gasteiger partial charge on any atom is 0.267 e. The molecule has 0 amide bonds. The second-order valence-electron chi connectivity index (χ2n) is 3.58. The molecule has 1 heterocycles. The van der Waals surface area contributed by atoms with Gasteiger partial charge in [-0.2, -0.15) is 0 Å². The number of rotatable bonds is 2. The summed E-state index contributed by atoms with van der Waals surface area (Å²) >= 11 is 0. The van der Waals surface area contributed by atoms with Crippen molar-refractivity contribution < 1.29 is 13.3 Å². The summed E-state index contributed by atoms with van der Waals surface area (Å²) in [7, 11) is -3.46. The molecule has 1 aromatic carbocycles. The van der Waals surface area contributed by atoms with Crippen molar-refractivity contribution in [3.8, 4) is 0 Å². The molecule has 1 aliphatic rings. The lowest BCUT2D eigenvalue weighted by molar-refractivity contribution is 0.266. The first-order valence-corrected chi connectivity index (χ1v) is 5.68. The summed E-state index contributed by atoms with van der Waals surface area (Å²) in [5.41, 5.74) is -0.700. The number of sulfonamides is 1. The van der Waals surface area contributed by atoms with Gasteiger partial charge >= 0.3 is 0 Å². The monoisotopic (exact) mass is 213 g/mol. The van der Waals surface area contributed by atoms with E-state index < -0.39 is 15.7 Å². The molecular weight excluding hydrogens is 202 g/mol. The molecule has 0 aliphatic carbocycles. The molecule has 4 nitrogen and oxygen atoms in total. The molecule has 0 bridgehead atoms. The first-order valence-electron chi connectivity index (χ1n) is 4.24. The Morgan fingerprint density at radius 1 is 1.21 bits per heavy atom. The van der Waals surface area contributed by atoms with Crippen LogP contribution < -0.4 is 0 Å². The van der Waals surface area contributed by atoms with Crippen LogP contribution in [0.5, 0.6) is 0 Å².